The number of nitrogens with two attached hydrogens (primary N) is 1. The SMILES string of the molecule is NC(=Cc1ccccc1)C(=O)Nc1ccc2c(c1)cc1n2C2(CCC2)OC1=O. The fraction of sp³-hybridized carbons (Fsp3) is 0.182. The number of nitrogens with one attached hydrogen (secondary N) is 1. The Morgan fingerprint density at radius 2 is 1.93 bits per heavy atom. The molecule has 1 aliphatic heterocycles. The lowest BCUT2D eigenvalue weighted by molar-refractivity contribution is -0.112. The molecule has 1 fully saturated rings. The highest BCUT2D eigenvalue weighted by atomic mass is 16.6. The first-order valence-corrected chi connectivity index (χ1v) is 9.29. The summed E-state index contributed by atoms with van der Waals surface area (Å²) in [6, 6.07) is 16.8. The highest BCUT2D eigenvalue weighted by Gasteiger charge is 2.50. The van der Waals surface area contributed by atoms with Gasteiger partial charge in [0.1, 0.15) is 5.69 Å². The Morgan fingerprint density at radius 1 is 1.14 bits per heavy atom. The number of amides is 1. The van der Waals surface area contributed by atoms with Crippen molar-refractivity contribution in [2.45, 2.75) is 25.0 Å². The quantitative estimate of drug-likeness (QED) is 0.543. The van der Waals surface area contributed by atoms with E-state index in [0.29, 0.717) is 11.4 Å². The predicted octanol–water partition coefficient (Wildman–Crippen LogP) is 3.59. The van der Waals surface area contributed by atoms with Crippen LogP contribution in [0.2, 0.25) is 0 Å². The lowest BCUT2D eigenvalue weighted by Gasteiger charge is -2.38. The molecule has 0 atom stereocenters. The molecule has 1 spiro atoms. The lowest BCUT2D eigenvalue weighted by atomic mass is 9.88. The maximum Gasteiger partial charge on any atom is 0.357 e. The van der Waals surface area contributed by atoms with Crippen molar-refractivity contribution in [1.82, 2.24) is 4.57 Å². The molecular formula is C22H19N3O3. The van der Waals surface area contributed by atoms with Gasteiger partial charge in [-0.15, -0.1) is 0 Å². The van der Waals surface area contributed by atoms with Gasteiger partial charge in [-0.1, -0.05) is 30.3 Å². The molecule has 6 nitrogen and oxygen atoms in total. The molecule has 0 unspecified atom stereocenters. The molecule has 1 amide bonds. The van der Waals surface area contributed by atoms with E-state index >= 15 is 0 Å². The lowest BCUT2D eigenvalue weighted by Crippen LogP contribution is -2.39. The molecular weight excluding hydrogens is 354 g/mol. The van der Waals surface area contributed by atoms with Crippen molar-refractivity contribution >= 4 is 34.5 Å². The van der Waals surface area contributed by atoms with Gasteiger partial charge in [-0.05, 0) is 42.3 Å². The molecule has 3 aromatic rings. The average Bonchev–Trinajstić information content (AvgIpc) is 3.17. The number of hydrogen-bond acceptors (Lipinski definition) is 4. The second-order valence-corrected chi connectivity index (χ2v) is 7.29. The van der Waals surface area contributed by atoms with Crippen LogP contribution >= 0.6 is 0 Å². The molecule has 1 aromatic heterocycles. The first kappa shape index (κ1) is 16.6. The first-order valence-electron chi connectivity index (χ1n) is 9.29. The van der Waals surface area contributed by atoms with Gasteiger partial charge in [-0.25, -0.2) is 4.79 Å². The maximum atomic E-state index is 12.4. The van der Waals surface area contributed by atoms with Crippen molar-refractivity contribution in [2.24, 2.45) is 5.73 Å². The third-order valence-corrected chi connectivity index (χ3v) is 5.48. The molecule has 0 radical (unpaired) electrons. The van der Waals surface area contributed by atoms with E-state index in [1.807, 2.05) is 59.2 Å². The van der Waals surface area contributed by atoms with Gasteiger partial charge in [0.15, 0.2) is 5.72 Å². The van der Waals surface area contributed by atoms with Crippen molar-refractivity contribution < 1.29 is 14.3 Å². The summed E-state index contributed by atoms with van der Waals surface area (Å²) in [4.78, 5) is 24.7. The largest absolute Gasteiger partial charge is 0.434 e. The number of carbonyl (C=O) groups excluding carboxylic acids is 2. The minimum absolute atomic E-state index is 0.127. The van der Waals surface area contributed by atoms with Crippen LogP contribution in [0, 0.1) is 0 Å². The van der Waals surface area contributed by atoms with Crippen LogP contribution in [0.1, 0.15) is 35.3 Å². The smallest absolute Gasteiger partial charge is 0.357 e. The standard InChI is InChI=1S/C22H19N3O3/c23-17(11-14-5-2-1-3-6-14)20(26)24-16-7-8-18-15(12-16)13-19-21(27)28-22(25(18)19)9-4-10-22/h1-3,5-8,11-13H,4,9-10,23H2,(H,24,26). The zero-order chi connectivity index (χ0) is 19.3. The highest BCUT2D eigenvalue weighted by molar-refractivity contribution is 6.07. The van der Waals surface area contributed by atoms with Crippen LogP contribution in [0.25, 0.3) is 17.0 Å². The number of rotatable bonds is 3. The van der Waals surface area contributed by atoms with Gasteiger partial charge < -0.3 is 15.8 Å². The molecule has 5 rings (SSSR count). The van der Waals surface area contributed by atoms with E-state index in [1.165, 1.54) is 0 Å². The Hall–Kier alpha value is -3.54. The van der Waals surface area contributed by atoms with Gasteiger partial charge in [0.25, 0.3) is 5.91 Å². The van der Waals surface area contributed by atoms with Crippen molar-refractivity contribution in [1.29, 1.82) is 0 Å². The van der Waals surface area contributed by atoms with Gasteiger partial charge in [-0.3, -0.25) is 9.36 Å². The molecule has 28 heavy (non-hydrogen) atoms. The molecule has 2 aliphatic rings. The summed E-state index contributed by atoms with van der Waals surface area (Å²) in [7, 11) is 0. The van der Waals surface area contributed by atoms with Gasteiger partial charge in [0.05, 0.1) is 11.2 Å². The summed E-state index contributed by atoms with van der Waals surface area (Å²) in [5.74, 6) is -0.652. The van der Waals surface area contributed by atoms with Crippen LogP contribution in [0.5, 0.6) is 0 Å². The highest BCUT2D eigenvalue weighted by Crippen LogP contribution is 2.48. The van der Waals surface area contributed by atoms with Gasteiger partial charge in [-0.2, -0.15) is 0 Å². The third kappa shape index (κ3) is 2.49. The number of nitrogens with zero attached hydrogens (tertiary/aromatic N) is 1. The van der Waals surface area contributed by atoms with Crippen LogP contribution in [0.15, 0.2) is 60.3 Å². The third-order valence-electron chi connectivity index (χ3n) is 5.48. The summed E-state index contributed by atoms with van der Waals surface area (Å²) in [5, 5.41) is 3.71. The van der Waals surface area contributed by atoms with E-state index in [2.05, 4.69) is 5.32 Å². The van der Waals surface area contributed by atoms with E-state index in [9.17, 15) is 9.59 Å². The van der Waals surface area contributed by atoms with Crippen molar-refractivity contribution in [3.8, 4) is 0 Å². The van der Waals surface area contributed by atoms with Gasteiger partial charge in [0.2, 0.25) is 0 Å². The number of esters is 1. The number of fused-ring (bicyclic) bond motifs is 4. The molecule has 1 aliphatic carbocycles. The zero-order valence-corrected chi connectivity index (χ0v) is 15.1. The number of aromatic nitrogens is 1. The number of anilines is 1. The Bertz CT molecular complexity index is 1140. The monoisotopic (exact) mass is 373 g/mol. The Morgan fingerprint density at radius 3 is 2.64 bits per heavy atom. The van der Waals surface area contributed by atoms with Crippen LogP contribution in [0.3, 0.4) is 0 Å². The van der Waals surface area contributed by atoms with Crippen LogP contribution in [0.4, 0.5) is 5.69 Å². The number of hydrogen-bond donors (Lipinski definition) is 2. The Labute approximate surface area is 161 Å². The molecule has 1 saturated carbocycles. The van der Waals surface area contributed by atoms with Gasteiger partial charge in [0, 0.05) is 23.9 Å². The van der Waals surface area contributed by atoms with Crippen LogP contribution in [-0.2, 0) is 15.3 Å². The fourth-order valence-corrected chi connectivity index (χ4v) is 3.96. The molecule has 140 valence electrons. The number of benzene rings is 2. The minimum atomic E-state index is -0.512. The molecule has 0 bridgehead atoms. The molecule has 0 saturated heterocycles. The fourth-order valence-electron chi connectivity index (χ4n) is 3.96. The second kappa shape index (κ2) is 5.99. The maximum absolute atomic E-state index is 12.4. The van der Waals surface area contributed by atoms with E-state index in [1.54, 1.807) is 6.08 Å². The predicted molar refractivity (Wildman–Crippen MR) is 106 cm³/mol. The average molecular weight is 373 g/mol. The van der Waals surface area contributed by atoms with Crippen LogP contribution in [-0.4, -0.2) is 16.4 Å². The Balaban J connectivity index is 1.43. The van der Waals surface area contributed by atoms with E-state index in [4.69, 9.17) is 10.5 Å². The van der Waals surface area contributed by atoms with E-state index in [0.717, 1.165) is 35.7 Å². The topological polar surface area (TPSA) is 86.3 Å². The Kier molecular flexibility index (Phi) is 3.55. The minimum Gasteiger partial charge on any atom is -0.434 e. The summed E-state index contributed by atoms with van der Waals surface area (Å²) in [5.41, 5.74) is 8.54. The summed E-state index contributed by atoms with van der Waals surface area (Å²) < 4.78 is 7.62. The molecule has 3 N–H and O–H groups in total. The molecule has 6 heteroatoms. The van der Waals surface area contributed by atoms with E-state index < -0.39 is 5.72 Å². The normalized spacial score (nSPS) is 17.3. The first-order chi connectivity index (χ1) is 13.6. The number of ether oxygens (including phenoxy) is 1. The molecule has 2 aromatic carbocycles. The van der Waals surface area contributed by atoms with E-state index in [-0.39, 0.29) is 17.6 Å². The number of carbonyl (C=O) groups is 2. The van der Waals surface area contributed by atoms with Crippen molar-refractivity contribution in [2.75, 3.05) is 5.32 Å². The second-order valence-electron chi connectivity index (χ2n) is 7.29. The molecule has 2 heterocycles. The summed E-state index contributed by atoms with van der Waals surface area (Å²) in [6.07, 6.45) is 4.37. The van der Waals surface area contributed by atoms with Crippen molar-refractivity contribution in [3.63, 3.8) is 0 Å². The van der Waals surface area contributed by atoms with Gasteiger partial charge >= 0.3 is 5.97 Å². The van der Waals surface area contributed by atoms with Crippen molar-refractivity contribution in [3.05, 3.63) is 71.6 Å². The summed E-state index contributed by atoms with van der Waals surface area (Å²) in [6.45, 7) is 0. The zero-order valence-electron chi connectivity index (χ0n) is 15.1. The van der Waals surface area contributed by atoms with Crippen LogP contribution < -0.4 is 11.1 Å². The summed E-state index contributed by atoms with van der Waals surface area (Å²) >= 11 is 0.